The van der Waals surface area contributed by atoms with E-state index in [0.29, 0.717) is 18.0 Å². The summed E-state index contributed by atoms with van der Waals surface area (Å²) in [5.74, 6) is -0.00629. The number of anilines is 1. The van der Waals surface area contributed by atoms with Gasteiger partial charge in [0.25, 0.3) is 0 Å². The predicted octanol–water partition coefficient (Wildman–Crippen LogP) is 2.79. The number of rotatable bonds is 8. The van der Waals surface area contributed by atoms with Crippen molar-refractivity contribution in [1.82, 2.24) is 8.61 Å². The van der Waals surface area contributed by atoms with Gasteiger partial charge >= 0.3 is 0 Å². The molecule has 36 heavy (non-hydrogen) atoms. The molecule has 1 heterocycles. The summed E-state index contributed by atoms with van der Waals surface area (Å²) in [6.07, 6.45) is 0. The molecule has 0 radical (unpaired) electrons. The van der Waals surface area contributed by atoms with Crippen molar-refractivity contribution in [2.45, 2.75) is 22.8 Å². The highest BCUT2D eigenvalue weighted by molar-refractivity contribution is 7.89. The molecule has 1 saturated heterocycles. The van der Waals surface area contributed by atoms with Crippen molar-refractivity contribution in [2.75, 3.05) is 31.6 Å². The van der Waals surface area contributed by atoms with Crippen LogP contribution < -0.4 is 10.1 Å². The lowest BCUT2D eigenvalue weighted by atomic mass is 10.2. The van der Waals surface area contributed by atoms with Crippen LogP contribution in [0.1, 0.15) is 6.92 Å². The third-order valence-corrected chi connectivity index (χ3v) is 9.56. The number of piperazine rings is 1. The van der Waals surface area contributed by atoms with Crippen molar-refractivity contribution < 1.29 is 26.4 Å². The maximum absolute atomic E-state index is 13.5. The maximum atomic E-state index is 13.5. The van der Waals surface area contributed by atoms with Crippen LogP contribution >= 0.6 is 0 Å². The van der Waals surface area contributed by atoms with Gasteiger partial charge in [-0.25, -0.2) is 16.8 Å². The Balaban J connectivity index is 1.65. The van der Waals surface area contributed by atoms with Crippen LogP contribution in [-0.4, -0.2) is 63.6 Å². The zero-order chi connectivity index (χ0) is 25.8. The van der Waals surface area contributed by atoms with Gasteiger partial charge in [0, 0.05) is 25.3 Å². The van der Waals surface area contributed by atoms with E-state index < -0.39 is 32.0 Å². The van der Waals surface area contributed by atoms with Gasteiger partial charge in [-0.3, -0.25) is 4.79 Å². The summed E-state index contributed by atoms with van der Waals surface area (Å²) >= 11 is 0. The molecule has 0 spiro atoms. The molecule has 1 amide bonds. The van der Waals surface area contributed by atoms with Gasteiger partial charge in [-0.15, -0.1) is 0 Å². The second-order valence-corrected chi connectivity index (χ2v) is 11.9. The number of nitrogens with zero attached hydrogens (tertiary/aromatic N) is 2. The Hall–Kier alpha value is -3.25. The molecule has 1 aliphatic rings. The third-order valence-electron chi connectivity index (χ3n) is 5.76. The quantitative estimate of drug-likeness (QED) is 0.480. The minimum absolute atomic E-state index is 0.0308. The van der Waals surface area contributed by atoms with E-state index in [0.717, 1.165) is 8.61 Å². The lowest BCUT2D eigenvalue weighted by Gasteiger charge is -2.38. The van der Waals surface area contributed by atoms with E-state index in [9.17, 15) is 21.6 Å². The fraction of sp³-hybridized carbons (Fsp3) is 0.240. The molecule has 1 fully saturated rings. The molecular formula is C25H27N3O6S2. The van der Waals surface area contributed by atoms with Gasteiger partial charge in [0.1, 0.15) is 11.8 Å². The number of amides is 1. The predicted molar refractivity (Wildman–Crippen MR) is 136 cm³/mol. The van der Waals surface area contributed by atoms with Crippen LogP contribution in [0.3, 0.4) is 0 Å². The molecule has 11 heteroatoms. The lowest BCUT2D eigenvalue weighted by molar-refractivity contribution is -0.120. The van der Waals surface area contributed by atoms with Gasteiger partial charge in [-0.2, -0.15) is 8.61 Å². The van der Waals surface area contributed by atoms with E-state index in [2.05, 4.69) is 5.32 Å². The molecule has 4 rings (SSSR count). The number of benzene rings is 3. The second kappa shape index (κ2) is 10.8. The SMILES string of the molecule is CCOc1ccc(NC(=O)[C@@H]2CN(S(=O)(=O)c3ccccc3)CCN2S(=O)(=O)c2ccccc2)cc1. The average Bonchev–Trinajstić information content (AvgIpc) is 2.90. The zero-order valence-electron chi connectivity index (χ0n) is 19.6. The molecule has 0 saturated carbocycles. The summed E-state index contributed by atoms with van der Waals surface area (Å²) < 4.78 is 61.1. The monoisotopic (exact) mass is 529 g/mol. The molecule has 0 aliphatic carbocycles. The molecule has 1 atom stereocenters. The Morgan fingerprint density at radius 3 is 1.94 bits per heavy atom. The summed E-state index contributed by atoms with van der Waals surface area (Å²) in [6.45, 7) is 1.76. The van der Waals surface area contributed by atoms with Gasteiger partial charge < -0.3 is 10.1 Å². The van der Waals surface area contributed by atoms with Crippen molar-refractivity contribution in [3.63, 3.8) is 0 Å². The first-order chi connectivity index (χ1) is 17.2. The molecule has 0 aromatic heterocycles. The largest absolute Gasteiger partial charge is 0.494 e. The topological polar surface area (TPSA) is 113 Å². The maximum Gasteiger partial charge on any atom is 0.244 e. The first-order valence-electron chi connectivity index (χ1n) is 11.4. The molecule has 1 aliphatic heterocycles. The van der Waals surface area contributed by atoms with Crippen molar-refractivity contribution in [3.05, 3.63) is 84.9 Å². The first kappa shape index (κ1) is 25.8. The summed E-state index contributed by atoms with van der Waals surface area (Å²) in [6, 6.07) is 21.0. The Morgan fingerprint density at radius 1 is 0.833 bits per heavy atom. The van der Waals surface area contributed by atoms with Gasteiger partial charge in [-0.05, 0) is 55.5 Å². The number of carbonyl (C=O) groups excluding carboxylic acids is 1. The van der Waals surface area contributed by atoms with Crippen LogP contribution in [0.2, 0.25) is 0 Å². The van der Waals surface area contributed by atoms with Crippen LogP contribution in [0.15, 0.2) is 94.7 Å². The number of carbonyl (C=O) groups is 1. The second-order valence-electron chi connectivity index (χ2n) is 8.07. The van der Waals surface area contributed by atoms with Gasteiger partial charge in [0.05, 0.1) is 16.4 Å². The average molecular weight is 530 g/mol. The summed E-state index contributed by atoms with van der Waals surface area (Å²) in [4.78, 5) is 13.5. The van der Waals surface area contributed by atoms with Crippen LogP contribution in [0.4, 0.5) is 5.69 Å². The molecule has 9 nitrogen and oxygen atoms in total. The lowest BCUT2D eigenvalue weighted by Crippen LogP contribution is -2.60. The van der Waals surface area contributed by atoms with E-state index in [1.54, 1.807) is 60.7 Å². The zero-order valence-corrected chi connectivity index (χ0v) is 21.3. The number of sulfonamides is 2. The van der Waals surface area contributed by atoms with E-state index in [1.807, 2.05) is 6.92 Å². The number of hydrogen-bond acceptors (Lipinski definition) is 6. The van der Waals surface area contributed by atoms with Crippen molar-refractivity contribution >= 4 is 31.6 Å². The highest BCUT2D eigenvalue weighted by atomic mass is 32.2. The molecule has 3 aromatic carbocycles. The van der Waals surface area contributed by atoms with Gasteiger partial charge in [0.2, 0.25) is 26.0 Å². The normalized spacial score (nSPS) is 17.4. The standard InChI is InChI=1S/C25H27N3O6S2/c1-2-34-21-15-13-20(14-16-21)26-25(29)24-19-27(35(30,31)22-9-5-3-6-10-22)17-18-28(24)36(32,33)23-11-7-4-8-12-23/h3-16,24H,2,17-19H2,1H3,(H,26,29)/t24-/m0/s1. The smallest absolute Gasteiger partial charge is 0.244 e. The summed E-state index contributed by atoms with van der Waals surface area (Å²) in [5.41, 5.74) is 0.434. The van der Waals surface area contributed by atoms with E-state index >= 15 is 0 Å². The van der Waals surface area contributed by atoms with E-state index in [1.165, 1.54) is 24.3 Å². The molecule has 190 valence electrons. The minimum atomic E-state index is -4.07. The fourth-order valence-electron chi connectivity index (χ4n) is 3.96. The van der Waals surface area contributed by atoms with Gasteiger partial charge in [0.15, 0.2) is 0 Å². The number of nitrogens with one attached hydrogen (secondary N) is 1. The van der Waals surface area contributed by atoms with Gasteiger partial charge in [-0.1, -0.05) is 36.4 Å². The Bertz CT molecular complexity index is 1400. The summed E-state index contributed by atoms with van der Waals surface area (Å²) in [7, 11) is -8.00. The van der Waals surface area contributed by atoms with Crippen LogP contribution in [0, 0.1) is 0 Å². The Kier molecular flexibility index (Phi) is 7.74. The van der Waals surface area contributed by atoms with Crippen molar-refractivity contribution in [3.8, 4) is 5.75 Å². The molecule has 0 bridgehead atoms. The summed E-state index contributed by atoms with van der Waals surface area (Å²) in [5, 5.41) is 2.72. The Morgan fingerprint density at radius 2 is 1.39 bits per heavy atom. The highest BCUT2D eigenvalue weighted by Crippen LogP contribution is 2.26. The Labute approximate surface area is 211 Å². The number of ether oxygens (including phenoxy) is 1. The van der Waals surface area contributed by atoms with Crippen LogP contribution in [-0.2, 0) is 24.8 Å². The van der Waals surface area contributed by atoms with Crippen LogP contribution in [0.25, 0.3) is 0 Å². The minimum Gasteiger partial charge on any atom is -0.494 e. The molecule has 0 unspecified atom stereocenters. The van der Waals surface area contributed by atoms with Crippen molar-refractivity contribution in [1.29, 1.82) is 0 Å². The number of hydrogen-bond donors (Lipinski definition) is 1. The van der Waals surface area contributed by atoms with Crippen molar-refractivity contribution in [2.24, 2.45) is 0 Å². The molecular weight excluding hydrogens is 502 g/mol. The van der Waals surface area contributed by atoms with Crippen LogP contribution in [0.5, 0.6) is 5.75 Å². The van der Waals surface area contributed by atoms with E-state index in [-0.39, 0.29) is 29.4 Å². The first-order valence-corrected chi connectivity index (χ1v) is 14.3. The van der Waals surface area contributed by atoms with E-state index in [4.69, 9.17) is 4.74 Å². The molecule has 1 N–H and O–H groups in total. The fourth-order valence-corrected chi connectivity index (χ4v) is 7.01. The third kappa shape index (κ3) is 5.44. The molecule has 3 aromatic rings. The highest BCUT2D eigenvalue weighted by Gasteiger charge is 2.43.